The molecule has 1 aromatic carbocycles. The van der Waals surface area contributed by atoms with E-state index in [-0.39, 0.29) is 0 Å². The van der Waals surface area contributed by atoms with Gasteiger partial charge in [0.25, 0.3) is 0 Å². The fourth-order valence-electron chi connectivity index (χ4n) is 5.71. The van der Waals surface area contributed by atoms with Gasteiger partial charge in [-0.15, -0.1) is 0 Å². The summed E-state index contributed by atoms with van der Waals surface area (Å²) < 4.78 is 0. The molecule has 166 valence electrons. The fraction of sp³-hybridized carbons (Fsp3) is 0.655. The van der Waals surface area contributed by atoms with Gasteiger partial charge in [-0.25, -0.2) is 0 Å². The van der Waals surface area contributed by atoms with E-state index in [0.29, 0.717) is 6.04 Å². The van der Waals surface area contributed by atoms with Crippen LogP contribution >= 0.6 is 0 Å². The second-order valence-electron chi connectivity index (χ2n) is 9.71. The molecular weight excluding hydrogens is 362 g/mol. The molecule has 1 nitrogen and oxygen atoms in total. The standard InChI is InChI=1S/C29H45N/c1-2-5-9-14-20-26(21-15-10-6-3-1)28-24-18-13-19-25-29(28)30-27-22-16-11-7-4-8-12-17-23-27/h4,7-8,11-12,16-17,22-23,26,28-30H,1-3,5-6,9-10,13-15,18-21,24-25H2. The van der Waals surface area contributed by atoms with Crippen LogP contribution in [-0.2, 0) is 0 Å². The van der Waals surface area contributed by atoms with Crippen LogP contribution in [0.2, 0.25) is 0 Å². The third kappa shape index (κ3) is 8.70. The van der Waals surface area contributed by atoms with Crippen molar-refractivity contribution in [2.24, 2.45) is 11.8 Å². The van der Waals surface area contributed by atoms with Crippen molar-refractivity contribution >= 4 is 5.69 Å². The van der Waals surface area contributed by atoms with E-state index in [1.807, 2.05) is 0 Å². The normalized spacial score (nSPS) is 25.1. The summed E-state index contributed by atoms with van der Waals surface area (Å²) in [5.41, 5.74) is 1.27. The van der Waals surface area contributed by atoms with Crippen LogP contribution in [0, 0.1) is 11.8 Å². The van der Waals surface area contributed by atoms with Crippen LogP contribution in [0.5, 0.6) is 0 Å². The van der Waals surface area contributed by atoms with Crippen molar-refractivity contribution in [1.29, 1.82) is 0 Å². The average Bonchev–Trinajstić information content (AvgIpc) is 2.99. The number of hydrogen-bond acceptors (Lipinski definition) is 1. The molecule has 2 saturated carbocycles. The van der Waals surface area contributed by atoms with Gasteiger partial charge in [-0.3, -0.25) is 0 Å². The largest absolute Gasteiger partial charge is 0.382 e. The second-order valence-corrected chi connectivity index (χ2v) is 9.71. The van der Waals surface area contributed by atoms with E-state index in [9.17, 15) is 0 Å². The van der Waals surface area contributed by atoms with E-state index < -0.39 is 0 Å². The highest BCUT2D eigenvalue weighted by Crippen LogP contribution is 2.37. The van der Waals surface area contributed by atoms with E-state index in [1.165, 1.54) is 108 Å². The SMILES string of the molecule is c1ccccc(NC2CCCCCC2C2CCCCCCCCCCC2)cccc1. The molecule has 2 fully saturated rings. The van der Waals surface area contributed by atoms with Crippen molar-refractivity contribution in [3.8, 4) is 0 Å². The minimum absolute atomic E-state index is 0.636. The molecule has 0 amide bonds. The molecule has 3 rings (SSSR count). The van der Waals surface area contributed by atoms with Crippen LogP contribution in [0.25, 0.3) is 0 Å². The van der Waals surface area contributed by atoms with Crippen LogP contribution in [0.15, 0.2) is 54.6 Å². The lowest BCUT2D eigenvalue weighted by Gasteiger charge is -2.34. The second kappa shape index (κ2) is 14.5. The molecule has 2 atom stereocenters. The predicted octanol–water partition coefficient (Wildman–Crippen LogP) is 9.09. The summed E-state index contributed by atoms with van der Waals surface area (Å²) in [6, 6.07) is 20.0. The number of rotatable bonds is 3. The predicted molar refractivity (Wildman–Crippen MR) is 132 cm³/mol. The molecule has 0 heterocycles. The highest BCUT2D eigenvalue weighted by Gasteiger charge is 2.30. The van der Waals surface area contributed by atoms with E-state index >= 15 is 0 Å². The van der Waals surface area contributed by atoms with Crippen molar-refractivity contribution < 1.29 is 0 Å². The lowest BCUT2D eigenvalue weighted by atomic mass is 9.76. The van der Waals surface area contributed by atoms with Gasteiger partial charge in [-0.1, -0.05) is 132 Å². The molecule has 0 spiro atoms. The van der Waals surface area contributed by atoms with Gasteiger partial charge in [0.05, 0.1) is 0 Å². The molecule has 0 aliphatic heterocycles. The molecular formula is C29H45N. The zero-order valence-corrected chi connectivity index (χ0v) is 19.2. The van der Waals surface area contributed by atoms with Gasteiger partial charge in [-0.05, 0) is 36.8 Å². The summed E-state index contributed by atoms with van der Waals surface area (Å²) in [5, 5.41) is 4.01. The Balaban J connectivity index is 1.72. The van der Waals surface area contributed by atoms with Crippen molar-refractivity contribution in [2.45, 2.75) is 109 Å². The van der Waals surface area contributed by atoms with Gasteiger partial charge in [-0.2, -0.15) is 0 Å². The van der Waals surface area contributed by atoms with Gasteiger partial charge >= 0.3 is 0 Å². The molecule has 0 radical (unpaired) electrons. The number of nitrogens with one attached hydrogen (secondary N) is 1. The Hall–Kier alpha value is -1.50. The van der Waals surface area contributed by atoms with Crippen molar-refractivity contribution in [1.82, 2.24) is 0 Å². The Bertz CT molecular complexity index is 586. The average molecular weight is 408 g/mol. The highest BCUT2D eigenvalue weighted by molar-refractivity contribution is 5.42. The molecule has 2 aliphatic carbocycles. The summed E-state index contributed by atoms with van der Waals surface area (Å²) in [6.45, 7) is 0. The monoisotopic (exact) mass is 407 g/mol. The van der Waals surface area contributed by atoms with Crippen LogP contribution < -0.4 is 5.32 Å². The Labute approximate surface area is 186 Å². The Morgan fingerprint density at radius 1 is 0.467 bits per heavy atom. The topological polar surface area (TPSA) is 12.0 Å². The quantitative estimate of drug-likeness (QED) is 0.493. The first-order valence-corrected chi connectivity index (χ1v) is 13.1. The first kappa shape index (κ1) is 23.2. The smallest absolute Gasteiger partial charge is 0.0342 e. The molecule has 0 saturated heterocycles. The highest BCUT2D eigenvalue weighted by atomic mass is 14.9. The first-order valence-electron chi connectivity index (χ1n) is 13.1. The lowest BCUT2D eigenvalue weighted by molar-refractivity contribution is 0.234. The lowest BCUT2D eigenvalue weighted by Crippen LogP contribution is -2.33. The van der Waals surface area contributed by atoms with Crippen LogP contribution in [0.4, 0.5) is 5.69 Å². The first-order chi connectivity index (χ1) is 14.9. The van der Waals surface area contributed by atoms with Crippen LogP contribution in [-0.4, -0.2) is 6.04 Å². The Kier molecular flexibility index (Phi) is 11.2. The number of hydrogen-bond donors (Lipinski definition) is 1. The molecule has 2 unspecified atom stereocenters. The maximum atomic E-state index is 4.01. The Morgan fingerprint density at radius 2 is 0.900 bits per heavy atom. The van der Waals surface area contributed by atoms with Gasteiger partial charge in [0.15, 0.2) is 0 Å². The molecule has 2 aliphatic rings. The van der Waals surface area contributed by atoms with Gasteiger partial charge in [0.1, 0.15) is 0 Å². The summed E-state index contributed by atoms with van der Waals surface area (Å²) >= 11 is 0. The molecule has 0 bridgehead atoms. The fourth-order valence-corrected chi connectivity index (χ4v) is 5.71. The minimum Gasteiger partial charge on any atom is -0.382 e. The number of anilines is 1. The zero-order chi connectivity index (χ0) is 20.7. The molecule has 1 heteroatoms. The third-order valence-electron chi connectivity index (χ3n) is 7.40. The van der Waals surface area contributed by atoms with Gasteiger partial charge < -0.3 is 5.32 Å². The summed E-state index contributed by atoms with van der Waals surface area (Å²) in [5.74, 6) is 1.77. The zero-order valence-electron chi connectivity index (χ0n) is 19.2. The minimum atomic E-state index is 0.636. The third-order valence-corrected chi connectivity index (χ3v) is 7.40. The Morgan fingerprint density at radius 3 is 1.50 bits per heavy atom. The van der Waals surface area contributed by atoms with Gasteiger partial charge in [0.2, 0.25) is 0 Å². The summed E-state index contributed by atoms with van der Waals surface area (Å²) in [4.78, 5) is 0. The van der Waals surface area contributed by atoms with Crippen LogP contribution in [0.1, 0.15) is 103 Å². The van der Waals surface area contributed by atoms with Crippen LogP contribution in [0.3, 0.4) is 0 Å². The van der Waals surface area contributed by atoms with Crippen molar-refractivity contribution in [3.05, 3.63) is 54.6 Å². The summed E-state index contributed by atoms with van der Waals surface area (Å²) in [6.07, 6.45) is 23.1. The summed E-state index contributed by atoms with van der Waals surface area (Å²) in [7, 11) is 0. The molecule has 1 N–H and O–H groups in total. The van der Waals surface area contributed by atoms with E-state index in [4.69, 9.17) is 0 Å². The van der Waals surface area contributed by atoms with Crippen molar-refractivity contribution in [3.63, 3.8) is 0 Å². The van der Waals surface area contributed by atoms with E-state index in [1.54, 1.807) is 0 Å². The van der Waals surface area contributed by atoms with E-state index in [0.717, 1.165) is 11.8 Å². The van der Waals surface area contributed by atoms with E-state index in [2.05, 4.69) is 59.9 Å². The van der Waals surface area contributed by atoms with Crippen molar-refractivity contribution in [2.75, 3.05) is 5.32 Å². The molecule has 30 heavy (non-hydrogen) atoms. The molecule has 1 aromatic rings. The molecule has 0 aromatic heterocycles. The van der Waals surface area contributed by atoms with Gasteiger partial charge in [0, 0.05) is 11.7 Å². The maximum absolute atomic E-state index is 4.01. The maximum Gasteiger partial charge on any atom is 0.0342 e.